The van der Waals surface area contributed by atoms with Crippen LogP contribution in [0.5, 0.6) is 0 Å². The topological polar surface area (TPSA) is 95.5 Å². The lowest BCUT2D eigenvalue weighted by molar-refractivity contribution is -0.143. The van der Waals surface area contributed by atoms with Crippen LogP contribution in [0.1, 0.15) is 32.1 Å². The third-order valence-corrected chi connectivity index (χ3v) is 4.11. The van der Waals surface area contributed by atoms with Gasteiger partial charge in [-0.05, 0) is 31.6 Å². The van der Waals surface area contributed by atoms with E-state index >= 15 is 0 Å². The van der Waals surface area contributed by atoms with E-state index in [0.717, 1.165) is 12.8 Å². The molecule has 2 fully saturated rings. The highest BCUT2D eigenvalue weighted by Crippen LogP contribution is 2.28. The highest BCUT2D eigenvalue weighted by molar-refractivity contribution is 5.89. The fourth-order valence-electron chi connectivity index (χ4n) is 2.79. The van der Waals surface area contributed by atoms with Crippen LogP contribution in [-0.4, -0.2) is 36.0 Å². The van der Waals surface area contributed by atoms with Crippen molar-refractivity contribution in [3.63, 3.8) is 0 Å². The average Bonchev–Trinajstić information content (AvgIpc) is 2.83. The molecule has 1 saturated heterocycles. The maximum Gasteiger partial charge on any atom is 0.306 e. The van der Waals surface area contributed by atoms with Crippen LogP contribution in [0, 0.1) is 17.8 Å². The van der Waals surface area contributed by atoms with Gasteiger partial charge in [0.25, 0.3) is 0 Å². The van der Waals surface area contributed by atoms with Crippen LogP contribution in [-0.2, 0) is 14.4 Å². The third kappa shape index (κ3) is 3.68. The number of nitrogens with one attached hydrogen (secondary N) is 2. The lowest BCUT2D eigenvalue weighted by Crippen LogP contribution is -2.36. The summed E-state index contributed by atoms with van der Waals surface area (Å²) in [5, 5.41) is 14.4. The number of carbonyl (C=O) groups is 3. The minimum absolute atomic E-state index is 0.0675. The number of carboxylic acid groups (broad SMARTS) is 1. The van der Waals surface area contributed by atoms with Gasteiger partial charge in [0.05, 0.1) is 11.8 Å². The summed E-state index contributed by atoms with van der Waals surface area (Å²) >= 11 is 0. The molecular formula is C13H20N2O4. The van der Waals surface area contributed by atoms with Crippen molar-refractivity contribution in [1.82, 2.24) is 10.6 Å². The molecule has 1 atom stereocenters. The molecule has 6 nitrogen and oxygen atoms in total. The molecular weight excluding hydrogens is 248 g/mol. The van der Waals surface area contributed by atoms with Gasteiger partial charge in [0, 0.05) is 19.5 Å². The number of amides is 2. The molecule has 19 heavy (non-hydrogen) atoms. The first kappa shape index (κ1) is 13.8. The van der Waals surface area contributed by atoms with Crippen molar-refractivity contribution in [3.05, 3.63) is 0 Å². The first-order valence-corrected chi connectivity index (χ1v) is 6.83. The largest absolute Gasteiger partial charge is 0.481 e. The van der Waals surface area contributed by atoms with Crippen LogP contribution >= 0.6 is 0 Å². The van der Waals surface area contributed by atoms with Crippen molar-refractivity contribution in [3.8, 4) is 0 Å². The Kier molecular flexibility index (Phi) is 4.39. The van der Waals surface area contributed by atoms with E-state index in [9.17, 15) is 14.4 Å². The van der Waals surface area contributed by atoms with Gasteiger partial charge in [-0.1, -0.05) is 0 Å². The smallest absolute Gasteiger partial charge is 0.306 e. The lowest BCUT2D eigenvalue weighted by atomic mass is 9.82. The van der Waals surface area contributed by atoms with Crippen molar-refractivity contribution in [1.29, 1.82) is 0 Å². The van der Waals surface area contributed by atoms with E-state index in [4.69, 9.17) is 5.11 Å². The minimum atomic E-state index is -0.710. The summed E-state index contributed by atoms with van der Waals surface area (Å²) in [5.41, 5.74) is 0. The molecule has 1 saturated carbocycles. The molecule has 1 heterocycles. The predicted octanol–water partition coefficient (Wildman–Crippen LogP) is 0.130. The molecule has 2 amide bonds. The van der Waals surface area contributed by atoms with Crippen molar-refractivity contribution < 1.29 is 19.5 Å². The van der Waals surface area contributed by atoms with E-state index in [0.29, 0.717) is 31.8 Å². The summed E-state index contributed by atoms with van der Waals surface area (Å²) in [5.74, 6) is -0.949. The Morgan fingerprint density at radius 1 is 1.21 bits per heavy atom. The second-order valence-electron chi connectivity index (χ2n) is 5.51. The van der Waals surface area contributed by atoms with Crippen molar-refractivity contribution >= 4 is 17.8 Å². The Hall–Kier alpha value is -1.59. The lowest BCUT2D eigenvalue weighted by Gasteiger charge is -2.26. The zero-order chi connectivity index (χ0) is 13.8. The standard InChI is InChI=1S/C13H20N2O4/c16-11-5-10(7-14-11)12(17)15-6-8-1-3-9(4-2-8)13(18)19/h8-10H,1-7H2,(H,14,16)(H,15,17)(H,18,19). The summed E-state index contributed by atoms with van der Waals surface area (Å²) in [6.45, 7) is 1.02. The van der Waals surface area contributed by atoms with Gasteiger partial charge in [-0.2, -0.15) is 0 Å². The molecule has 106 valence electrons. The molecule has 0 spiro atoms. The van der Waals surface area contributed by atoms with Crippen LogP contribution in [0.3, 0.4) is 0 Å². The molecule has 0 aromatic carbocycles. The van der Waals surface area contributed by atoms with Gasteiger partial charge in [-0.25, -0.2) is 0 Å². The molecule has 0 aromatic rings. The van der Waals surface area contributed by atoms with E-state index in [-0.39, 0.29) is 30.1 Å². The van der Waals surface area contributed by atoms with Gasteiger partial charge in [-0.3, -0.25) is 14.4 Å². The van der Waals surface area contributed by atoms with Crippen LogP contribution < -0.4 is 10.6 Å². The SMILES string of the molecule is O=C1CC(C(=O)NCC2CCC(C(=O)O)CC2)CN1. The number of hydrogen-bond acceptors (Lipinski definition) is 3. The van der Waals surface area contributed by atoms with Crippen molar-refractivity contribution in [2.75, 3.05) is 13.1 Å². The van der Waals surface area contributed by atoms with Gasteiger partial charge in [0.2, 0.25) is 11.8 Å². The molecule has 6 heteroatoms. The van der Waals surface area contributed by atoms with Gasteiger partial charge in [-0.15, -0.1) is 0 Å². The average molecular weight is 268 g/mol. The van der Waals surface area contributed by atoms with Gasteiger partial charge in [0.1, 0.15) is 0 Å². The molecule has 2 rings (SSSR count). The molecule has 0 bridgehead atoms. The molecule has 1 aliphatic carbocycles. The van der Waals surface area contributed by atoms with Crippen LogP contribution in [0.15, 0.2) is 0 Å². The fourth-order valence-corrected chi connectivity index (χ4v) is 2.79. The second-order valence-corrected chi connectivity index (χ2v) is 5.51. The summed E-state index contributed by atoms with van der Waals surface area (Å²) < 4.78 is 0. The Morgan fingerprint density at radius 3 is 2.42 bits per heavy atom. The highest BCUT2D eigenvalue weighted by Gasteiger charge is 2.29. The van der Waals surface area contributed by atoms with E-state index in [1.54, 1.807) is 0 Å². The fraction of sp³-hybridized carbons (Fsp3) is 0.769. The Labute approximate surface area is 111 Å². The number of hydrogen-bond donors (Lipinski definition) is 3. The summed E-state index contributed by atoms with van der Waals surface area (Å²) in [4.78, 5) is 33.6. The first-order chi connectivity index (χ1) is 9.06. The Bertz CT molecular complexity index is 375. The third-order valence-electron chi connectivity index (χ3n) is 4.11. The van der Waals surface area contributed by atoms with Crippen LogP contribution in [0.2, 0.25) is 0 Å². The van der Waals surface area contributed by atoms with Gasteiger partial charge >= 0.3 is 5.97 Å². The number of carboxylic acids is 1. The Morgan fingerprint density at radius 2 is 1.89 bits per heavy atom. The van der Waals surface area contributed by atoms with Crippen molar-refractivity contribution in [2.45, 2.75) is 32.1 Å². The maximum absolute atomic E-state index is 11.8. The Balaban J connectivity index is 1.68. The normalized spacial score (nSPS) is 30.7. The van der Waals surface area contributed by atoms with Gasteiger partial charge in [0.15, 0.2) is 0 Å². The zero-order valence-corrected chi connectivity index (χ0v) is 10.9. The second kappa shape index (κ2) is 6.04. The monoisotopic (exact) mass is 268 g/mol. The molecule has 3 N–H and O–H groups in total. The minimum Gasteiger partial charge on any atom is -0.481 e. The summed E-state index contributed by atoms with van der Waals surface area (Å²) in [7, 11) is 0. The van der Waals surface area contributed by atoms with E-state index in [1.807, 2.05) is 0 Å². The molecule has 1 aliphatic heterocycles. The maximum atomic E-state index is 11.8. The van der Waals surface area contributed by atoms with Crippen molar-refractivity contribution in [2.24, 2.45) is 17.8 Å². The quantitative estimate of drug-likeness (QED) is 0.675. The van der Waals surface area contributed by atoms with Crippen LogP contribution in [0.4, 0.5) is 0 Å². The molecule has 1 unspecified atom stereocenters. The summed E-state index contributed by atoms with van der Waals surface area (Å²) in [6.07, 6.45) is 3.36. The molecule has 0 radical (unpaired) electrons. The highest BCUT2D eigenvalue weighted by atomic mass is 16.4. The van der Waals surface area contributed by atoms with Crippen LogP contribution in [0.25, 0.3) is 0 Å². The number of rotatable bonds is 4. The first-order valence-electron chi connectivity index (χ1n) is 6.83. The number of carbonyl (C=O) groups excluding carboxylic acids is 2. The van der Waals surface area contributed by atoms with Gasteiger partial charge < -0.3 is 15.7 Å². The molecule has 2 aliphatic rings. The van der Waals surface area contributed by atoms with E-state index < -0.39 is 5.97 Å². The molecule has 0 aromatic heterocycles. The number of aliphatic carboxylic acids is 1. The zero-order valence-electron chi connectivity index (χ0n) is 10.9. The van der Waals surface area contributed by atoms with E-state index in [2.05, 4.69) is 10.6 Å². The predicted molar refractivity (Wildman–Crippen MR) is 67.2 cm³/mol. The summed E-state index contributed by atoms with van der Waals surface area (Å²) in [6, 6.07) is 0. The van der Waals surface area contributed by atoms with E-state index in [1.165, 1.54) is 0 Å².